The summed E-state index contributed by atoms with van der Waals surface area (Å²) < 4.78 is 11.2. The van der Waals surface area contributed by atoms with Crippen LogP contribution in [0.4, 0.5) is 0 Å². The molecule has 0 saturated carbocycles. The summed E-state index contributed by atoms with van der Waals surface area (Å²) in [5.41, 5.74) is 3.87. The van der Waals surface area contributed by atoms with Gasteiger partial charge in [-0.2, -0.15) is 0 Å². The van der Waals surface area contributed by atoms with Crippen LogP contribution in [-0.2, 0) is 17.9 Å². The summed E-state index contributed by atoms with van der Waals surface area (Å²) >= 11 is 0. The highest BCUT2D eigenvalue weighted by molar-refractivity contribution is 5.79. The minimum Gasteiger partial charge on any atom is -0.496 e. The molecule has 2 aromatic carbocycles. The van der Waals surface area contributed by atoms with Crippen molar-refractivity contribution in [2.24, 2.45) is 4.99 Å². The molecule has 1 saturated heterocycles. The normalized spacial score (nSPS) is 15.6. The summed E-state index contributed by atoms with van der Waals surface area (Å²) in [6.07, 6.45) is 2.24. The first-order valence-corrected chi connectivity index (χ1v) is 11.1. The predicted molar refractivity (Wildman–Crippen MR) is 127 cm³/mol. The van der Waals surface area contributed by atoms with E-state index in [1.165, 1.54) is 11.1 Å². The van der Waals surface area contributed by atoms with Crippen molar-refractivity contribution in [3.05, 3.63) is 65.2 Å². The van der Waals surface area contributed by atoms with Gasteiger partial charge in [0.25, 0.3) is 0 Å². The number of para-hydroxylation sites is 1. The van der Waals surface area contributed by atoms with E-state index in [1.807, 2.05) is 31.3 Å². The van der Waals surface area contributed by atoms with E-state index in [2.05, 4.69) is 51.7 Å². The molecule has 2 aromatic rings. The molecule has 1 aliphatic heterocycles. The van der Waals surface area contributed by atoms with E-state index in [0.717, 1.165) is 49.7 Å². The molecule has 1 fully saturated rings. The molecular weight excluding hydrogens is 388 g/mol. The van der Waals surface area contributed by atoms with E-state index >= 15 is 0 Å². The molecule has 0 unspecified atom stereocenters. The maximum Gasteiger partial charge on any atom is 0.191 e. The zero-order chi connectivity index (χ0) is 21.9. The van der Waals surface area contributed by atoms with Crippen LogP contribution in [0.3, 0.4) is 0 Å². The van der Waals surface area contributed by atoms with Crippen LogP contribution in [0.15, 0.2) is 53.5 Å². The second kappa shape index (κ2) is 12.3. The van der Waals surface area contributed by atoms with E-state index in [9.17, 15) is 0 Å². The third-order valence-electron chi connectivity index (χ3n) is 5.80. The average Bonchev–Trinajstić information content (AvgIpc) is 2.81. The number of ether oxygens (including phenoxy) is 2. The molecule has 1 heterocycles. The summed E-state index contributed by atoms with van der Waals surface area (Å²) in [5.74, 6) is 1.71. The Morgan fingerprint density at radius 1 is 1.06 bits per heavy atom. The van der Waals surface area contributed by atoms with Crippen LogP contribution in [0.1, 0.15) is 29.5 Å². The Morgan fingerprint density at radius 3 is 2.48 bits per heavy atom. The Kier molecular flexibility index (Phi) is 9.18. The zero-order valence-electron chi connectivity index (χ0n) is 19.1. The Labute approximate surface area is 186 Å². The van der Waals surface area contributed by atoms with Crippen molar-refractivity contribution in [3.8, 4) is 5.75 Å². The smallest absolute Gasteiger partial charge is 0.191 e. The topological polar surface area (TPSA) is 58.1 Å². The number of guanidine groups is 1. The monoisotopic (exact) mass is 424 g/mol. The first kappa shape index (κ1) is 23.1. The van der Waals surface area contributed by atoms with E-state index in [0.29, 0.717) is 25.8 Å². The number of likely N-dealkylation sites (tertiary alicyclic amines) is 1. The van der Waals surface area contributed by atoms with Crippen LogP contribution in [0.25, 0.3) is 0 Å². The fourth-order valence-electron chi connectivity index (χ4n) is 3.90. The molecule has 168 valence electrons. The van der Waals surface area contributed by atoms with Crippen molar-refractivity contribution in [2.75, 3.05) is 40.4 Å². The van der Waals surface area contributed by atoms with Crippen molar-refractivity contribution in [1.29, 1.82) is 0 Å². The minimum absolute atomic E-state index is 0.453. The van der Waals surface area contributed by atoms with Gasteiger partial charge in [0.05, 0.1) is 20.3 Å². The highest BCUT2D eigenvalue weighted by Crippen LogP contribution is 2.18. The SMILES string of the molecule is CN=C(NCCOCc1ccccc1OC)NC1CCN(Cc2ccccc2C)CC1. The number of aryl methyl sites for hydroxylation is 1. The highest BCUT2D eigenvalue weighted by Gasteiger charge is 2.20. The molecule has 0 aliphatic carbocycles. The fraction of sp³-hybridized carbons (Fsp3) is 0.480. The molecule has 0 amide bonds. The standard InChI is InChI=1S/C25H36N4O2/c1-20-8-4-5-9-21(20)18-29-15-12-23(13-16-29)28-25(26-2)27-14-17-31-19-22-10-6-7-11-24(22)30-3/h4-11,23H,12-19H2,1-3H3,(H2,26,27,28). The number of hydrogen-bond donors (Lipinski definition) is 2. The second-order valence-corrected chi connectivity index (χ2v) is 7.98. The van der Waals surface area contributed by atoms with Crippen LogP contribution in [-0.4, -0.2) is 57.3 Å². The number of rotatable bonds is 9. The molecule has 0 aromatic heterocycles. The number of piperidine rings is 1. The lowest BCUT2D eigenvalue weighted by atomic mass is 10.0. The highest BCUT2D eigenvalue weighted by atomic mass is 16.5. The number of benzene rings is 2. The number of nitrogens with zero attached hydrogens (tertiary/aromatic N) is 2. The van der Waals surface area contributed by atoms with Crippen LogP contribution >= 0.6 is 0 Å². The summed E-state index contributed by atoms with van der Waals surface area (Å²) in [6, 6.07) is 17.1. The minimum atomic E-state index is 0.453. The predicted octanol–water partition coefficient (Wildman–Crippen LogP) is 3.35. The lowest BCUT2D eigenvalue weighted by Gasteiger charge is -2.33. The fourth-order valence-corrected chi connectivity index (χ4v) is 3.90. The van der Waals surface area contributed by atoms with E-state index in [-0.39, 0.29) is 0 Å². The summed E-state index contributed by atoms with van der Waals surface area (Å²) in [6.45, 7) is 7.29. The lowest BCUT2D eigenvalue weighted by Crippen LogP contribution is -2.49. The van der Waals surface area contributed by atoms with Crippen LogP contribution in [0.2, 0.25) is 0 Å². The number of nitrogens with one attached hydrogen (secondary N) is 2. The Hall–Kier alpha value is -2.57. The Balaban J connectivity index is 1.33. The van der Waals surface area contributed by atoms with Gasteiger partial charge in [0.2, 0.25) is 0 Å². The molecule has 6 heteroatoms. The maximum atomic E-state index is 5.80. The molecule has 31 heavy (non-hydrogen) atoms. The number of aliphatic imine (C=N–C) groups is 1. The molecule has 2 N–H and O–H groups in total. The number of methoxy groups -OCH3 is 1. The van der Waals surface area contributed by atoms with Gasteiger partial charge in [-0.3, -0.25) is 9.89 Å². The van der Waals surface area contributed by atoms with Crippen molar-refractivity contribution in [2.45, 2.75) is 39.0 Å². The van der Waals surface area contributed by atoms with E-state index in [4.69, 9.17) is 9.47 Å². The largest absolute Gasteiger partial charge is 0.496 e. The van der Waals surface area contributed by atoms with Crippen molar-refractivity contribution >= 4 is 5.96 Å². The first-order valence-electron chi connectivity index (χ1n) is 11.1. The molecule has 0 atom stereocenters. The molecule has 0 radical (unpaired) electrons. The van der Waals surface area contributed by atoms with Crippen molar-refractivity contribution < 1.29 is 9.47 Å². The van der Waals surface area contributed by atoms with E-state index in [1.54, 1.807) is 7.11 Å². The van der Waals surface area contributed by atoms with Crippen LogP contribution in [0, 0.1) is 6.92 Å². The first-order chi connectivity index (χ1) is 15.2. The van der Waals surface area contributed by atoms with Gasteiger partial charge in [0.15, 0.2) is 5.96 Å². The summed E-state index contributed by atoms with van der Waals surface area (Å²) in [5, 5.41) is 6.92. The maximum absolute atomic E-state index is 5.80. The van der Waals surface area contributed by atoms with Gasteiger partial charge in [0.1, 0.15) is 5.75 Å². The van der Waals surface area contributed by atoms with Gasteiger partial charge in [-0.1, -0.05) is 42.5 Å². The third-order valence-corrected chi connectivity index (χ3v) is 5.80. The van der Waals surface area contributed by atoms with Gasteiger partial charge >= 0.3 is 0 Å². The van der Waals surface area contributed by atoms with Crippen molar-refractivity contribution in [3.63, 3.8) is 0 Å². The Morgan fingerprint density at radius 2 is 1.77 bits per heavy atom. The van der Waals surface area contributed by atoms with Crippen molar-refractivity contribution in [1.82, 2.24) is 15.5 Å². The third kappa shape index (κ3) is 7.26. The van der Waals surface area contributed by atoms with Crippen LogP contribution < -0.4 is 15.4 Å². The Bertz CT molecular complexity index is 832. The average molecular weight is 425 g/mol. The molecule has 3 rings (SSSR count). The molecule has 6 nitrogen and oxygen atoms in total. The molecule has 0 spiro atoms. The molecule has 0 bridgehead atoms. The second-order valence-electron chi connectivity index (χ2n) is 7.98. The van der Waals surface area contributed by atoms with Gasteiger partial charge < -0.3 is 20.1 Å². The summed E-state index contributed by atoms with van der Waals surface area (Å²) in [7, 11) is 3.50. The quantitative estimate of drug-likeness (QED) is 0.367. The van der Waals surface area contributed by atoms with E-state index < -0.39 is 0 Å². The number of hydrogen-bond acceptors (Lipinski definition) is 4. The zero-order valence-corrected chi connectivity index (χ0v) is 19.1. The lowest BCUT2D eigenvalue weighted by molar-refractivity contribution is 0.123. The van der Waals surface area contributed by atoms with Gasteiger partial charge in [-0.15, -0.1) is 0 Å². The van der Waals surface area contributed by atoms with Gasteiger partial charge in [-0.25, -0.2) is 0 Å². The molecule has 1 aliphatic rings. The summed E-state index contributed by atoms with van der Waals surface area (Å²) in [4.78, 5) is 6.91. The van der Waals surface area contributed by atoms with Crippen LogP contribution in [0.5, 0.6) is 5.75 Å². The molecular formula is C25H36N4O2. The van der Waals surface area contributed by atoms with Gasteiger partial charge in [-0.05, 0) is 37.0 Å². The van der Waals surface area contributed by atoms with Gasteiger partial charge in [0, 0.05) is 44.8 Å².